The zero-order chi connectivity index (χ0) is 14.4. The molecule has 0 N–H and O–H groups in total. The number of pyridine rings is 1. The molecule has 0 bridgehead atoms. The van der Waals surface area contributed by atoms with Gasteiger partial charge >= 0.3 is 0 Å². The summed E-state index contributed by atoms with van der Waals surface area (Å²) in [5.41, 5.74) is 2.05. The maximum Gasteiger partial charge on any atom is 0.152 e. The highest BCUT2D eigenvalue weighted by Gasteiger charge is 2.04. The second kappa shape index (κ2) is 6.30. The summed E-state index contributed by atoms with van der Waals surface area (Å²) in [7, 11) is 1.60. The van der Waals surface area contributed by atoms with Crippen LogP contribution < -0.4 is 4.74 Å². The standard InChI is InChI=1S/C16H12N2O2/c1-20-15-7-5-12(6-8-15)9-13(11-19)16-4-2-3-14(10-17)18-16/h2-9,11H,1H3/b13-9+. The molecule has 0 spiro atoms. The van der Waals surface area contributed by atoms with E-state index in [1.165, 1.54) is 0 Å². The van der Waals surface area contributed by atoms with E-state index in [1.54, 1.807) is 31.4 Å². The van der Waals surface area contributed by atoms with E-state index in [1.807, 2.05) is 30.3 Å². The highest BCUT2D eigenvalue weighted by molar-refractivity contribution is 6.12. The van der Waals surface area contributed by atoms with Crippen LogP contribution in [0, 0.1) is 11.3 Å². The van der Waals surface area contributed by atoms with Crippen molar-refractivity contribution in [3.8, 4) is 11.8 Å². The van der Waals surface area contributed by atoms with Crippen LogP contribution in [0.4, 0.5) is 0 Å². The number of rotatable bonds is 4. The van der Waals surface area contributed by atoms with Gasteiger partial charge in [-0.3, -0.25) is 4.79 Å². The molecule has 0 aliphatic carbocycles. The van der Waals surface area contributed by atoms with Gasteiger partial charge in [0, 0.05) is 5.57 Å². The third-order valence-electron chi connectivity index (χ3n) is 2.72. The van der Waals surface area contributed by atoms with Gasteiger partial charge in [-0.1, -0.05) is 18.2 Å². The van der Waals surface area contributed by atoms with Gasteiger partial charge < -0.3 is 4.74 Å². The Labute approximate surface area is 117 Å². The smallest absolute Gasteiger partial charge is 0.152 e. The molecule has 0 fully saturated rings. The molecule has 4 nitrogen and oxygen atoms in total. The molecule has 0 saturated heterocycles. The Kier molecular flexibility index (Phi) is 4.25. The van der Waals surface area contributed by atoms with E-state index < -0.39 is 0 Å². The molecular formula is C16H12N2O2. The number of ether oxygens (including phenoxy) is 1. The predicted molar refractivity (Wildman–Crippen MR) is 75.9 cm³/mol. The van der Waals surface area contributed by atoms with Crippen molar-refractivity contribution in [2.45, 2.75) is 0 Å². The lowest BCUT2D eigenvalue weighted by atomic mass is 10.1. The third-order valence-corrected chi connectivity index (χ3v) is 2.72. The Bertz CT molecular complexity index is 682. The van der Waals surface area contributed by atoms with Gasteiger partial charge in [-0.2, -0.15) is 5.26 Å². The van der Waals surface area contributed by atoms with Gasteiger partial charge in [0.15, 0.2) is 6.29 Å². The summed E-state index contributed by atoms with van der Waals surface area (Å²) < 4.78 is 5.08. The van der Waals surface area contributed by atoms with Crippen molar-refractivity contribution < 1.29 is 9.53 Å². The Morgan fingerprint density at radius 3 is 2.60 bits per heavy atom. The molecule has 0 radical (unpaired) electrons. The first-order valence-corrected chi connectivity index (χ1v) is 5.95. The molecule has 20 heavy (non-hydrogen) atoms. The van der Waals surface area contributed by atoms with Crippen LogP contribution in [-0.2, 0) is 4.79 Å². The van der Waals surface area contributed by atoms with E-state index in [4.69, 9.17) is 10.00 Å². The van der Waals surface area contributed by atoms with E-state index in [0.717, 1.165) is 17.6 Å². The molecule has 1 heterocycles. The van der Waals surface area contributed by atoms with Crippen LogP contribution in [0.25, 0.3) is 11.6 Å². The van der Waals surface area contributed by atoms with E-state index in [9.17, 15) is 4.79 Å². The Morgan fingerprint density at radius 2 is 2.00 bits per heavy atom. The predicted octanol–water partition coefficient (Wildman–Crippen LogP) is 2.70. The number of hydrogen-bond donors (Lipinski definition) is 0. The molecule has 2 aromatic rings. The summed E-state index contributed by atoms with van der Waals surface area (Å²) in [4.78, 5) is 15.3. The molecule has 0 aliphatic heterocycles. The van der Waals surface area contributed by atoms with Crippen molar-refractivity contribution in [1.29, 1.82) is 5.26 Å². The van der Waals surface area contributed by atoms with Crippen molar-refractivity contribution in [3.63, 3.8) is 0 Å². The van der Waals surface area contributed by atoms with Gasteiger partial charge in [-0.05, 0) is 35.9 Å². The fourth-order valence-electron chi connectivity index (χ4n) is 1.71. The molecule has 0 saturated carbocycles. The highest BCUT2D eigenvalue weighted by atomic mass is 16.5. The first kappa shape index (κ1) is 13.5. The van der Waals surface area contributed by atoms with Gasteiger partial charge in [0.25, 0.3) is 0 Å². The van der Waals surface area contributed by atoms with Crippen LogP contribution in [0.15, 0.2) is 42.5 Å². The fraction of sp³-hybridized carbons (Fsp3) is 0.0625. The second-order valence-electron chi connectivity index (χ2n) is 4.01. The van der Waals surface area contributed by atoms with Gasteiger partial charge in [-0.15, -0.1) is 0 Å². The van der Waals surface area contributed by atoms with E-state index in [-0.39, 0.29) is 5.69 Å². The third kappa shape index (κ3) is 3.09. The van der Waals surface area contributed by atoms with Crippen LogP contribution in [0.3, 0.4) is 0 Å². The summed E-state index contributed by atoms with van der Waals surface area (Å²) >= 11 is 0. The SMILES string of the molecule is COc1ccc(/C=C(\C=O)c2cccc(C#N)n2)cc1. The zero-order valence-corrected chi connectivity index (χ0v) is 10.9. The number of aldehydes is 1. The van der Waals surface area contributed by atoms with Crippen molar-refractivity contribution >= 4 is 17.9 Å². The lowest BCUT2D eigenvalue weighted by Crippen LogP contribution is -1.93. The zero-order valence-electron chi connectivity index (χ0n) is 10.9. The number of benzene rings is 1. The molecular weight excluding hydrogens is 252 g/mol. The molecule has 98 valence electrons. The van der Waals surface area contributed by atoms with E-state index >= 15 is 0 Å². The maximum atomic E-state index is 11.2. The lowest BCUT2D eigenvalue weighted by Gasteiger charge is -2.02. The molecule has 0 amide bonds. The largest absolute Gasteiger partial charge is 0.497 e. The number of allylic oxidation sites excluding steroid dienone is 1. The molecule has 0 unspecified atom stereocenters. The summed E-state index contributed by atoms with van der Waals surface area (Å²) in [6.45, 7) is 0. The van der Waals surface area contributed by atoms with Gasteiger partial charge in [-0.25, -0.2) is 4.98 Å². The summed E-state index contributed by atoms with van der Waals surface area (Å²) in [6, 6.07) is 14.3. The average molecular weight is 264 g/mol. The molecule has 1 aromatic heterocycles. The quantitative estimate of drug-likeness (QED) is 0.629. The minimum atomic E-state index is 0.282. The number of aromatic nitrogens is 1. The highest BCUT2D eigenvalue weighted by Crippen LogP contribution is 2.17. The van der Waals surface area contributed by atoms with Crippen LogP contribution >= 0.6 is 0 Å². The fourth-order valence-corrected chi connectivity index (χ4v) is 1.71. The van der Waals surface area contributed by atoms with E-state index in [2.05, 4.69) is 4.98 Å². The molecule has 0 aliphatic rings. The van der Waals surface area contributed by atoms with Crippen molar-refractivity contribution in [3.05, 3.63) is 59.4 Å². The maximum absolute atomic E-state index is 11.2. The van der Waals surface area contributed by atoms with Gasteiger partial charge in [0.1, 0.15) is 17.5 Å². The molecule has 0 atom stereocenters. The lowest BCUT2D eigenvalue weighted by molar-refractivity contribution is -0.103. The van der Waals surface area contributed by atoms with Crippen LogP contribution in [0.2, 0.25) is 0 Å². The summed E-state index contributed by atoms with van der Waals surface area (Å²) in [5.74, 6) is 0.749. The Morgan fingerprint density at radius 1 is 1.25 bits per heavy atom. The number of methoxy groups -OCH3 is 1. The van der Waals surface area contributed by atoms with Gasteiger partial charge in [0.2, 0.25) is 0 Å². The Hall–Kier alpha value is -2.93. The Balaban J connectivity index is 2.37. The monoisotopic (exact) mass is 264 g/mol. The van der Waals surface area contributed by atoms with Crippen molar-refractivity contribution in [2.24, 2.45) is 0 Å². The molecule has 1 aromatic carbocycles. The first-order valence-electron chi connectivity index (χ1n) is 5.95. The number of nitrogens with zero attached hydrogens (tertiary/aromatic N) is 2. The van der Waals surface area contributed by atoms with Crippen LogP contribution in [0.5, 0.6) is 5.75 Å². The number of carbonyl (C=O) groups is 1. The summed E-state index contributed by atoms with van der Waals surface area (Å²) in [5, 5.41) is 8.83. The number of carbonyl (C=O) groups excluding carboxylic acids is 1. The molecule has 4 heteroatoms. The minimum absolute atomic E-state index is 0.282. The number of hydrogen-bond acceptors (Lipinski definition) is 4. The van der Waals surface area contributed by atoms with Crippen molar-refractivity contribution in [1.82, 2.24) is 4.98 Å². The average Bonchev–Trinajstić information content (AvgIpc) is 2.53. The van der Waals surface area contributed by atoms with Gasteiger partial charge in [0.05, 0.1) is 12.8 Å². The second-order valence-corrected chi connectivity index (χ2v) is 4.01. The van der Waals surface area contributed by atoms with Crippen LogP contribution in [-0.4, -0.2) is 18.4 Å². The first-order chi connectivity index (χ1) is 9.76. The van der Waals surface area contributed by atoms with E-state index in [0.29, 0.717) is 11.3 Å². The summed E-state index contributed by atoms with van der Waals surface area (Å²) in [6.07, 6.45) is 2.45. The normalized spacial score (nSPS) is 10.7. The van der Waals surface area contributed by atoms with Crippen molar-refractivity contribution in [2.75, 3.05) is 7.11 Å². The topological polar surface area (TPSA) is 63.0 Å². The number of nitriles is 1. The minimum Gasteiger partial charge on any atom is -0.497 e. The molecule has 2 rings (SSSR count). The van der Waals surface area contributed by atoms with Crippen LogP contribution in [0.1, 0.15) is 17.0 Å².